The average Bonchev–Trinajstić information content (AvgIpc) is 2.75. The van der Waals surface area contributed by atoms with Gasteiger partial charge in [-0.2, -0.15) is 0 Å². The quantitative estimate of drug-likeness (QED) is 0.804. The highest BCUT2D eigenvalue weighted by Crippen LogP contribution is 2.18. The smallest absolute Gasteiger partial charge is 0.111 e. The lowest BCUT2D eigenvalue weighted by atomic mass is 10.2. The van der Waals surface area contributed by atoms with Gasteiger partial charge in [0, 0.05) is 42.4 Å². The van der Waals surface area contributed by atoms with Gasteiger partial charge in [-0.15, -0.1) is 0 Å². The summed E-state index contributed by atoms with van der Waals surface area (Å²) in [6, 6.07) is 0. The molecule has 1 fully saturated rings. The highest BCUT2D eigenvalue weighted by Gasteiger charge is 2.19. The van der Waals surface area contributed by atoms with Crippen molar-refractivity contribution in [3.8, 4) is 0 Å². The molecule has 0 radical (unpaired) electrons. The summed E-state index contributed by atoms with van der Waals surface area (Å²) in [5.74, 6) is 0.656. The van der Waals surface area contributed by atoms with E-state index in [0.717, 1.165) is 31.9 Å². The monoisotopic (exact) mass is 243 g/mol. The minimum Gasteiger partial charge on any atom is -0.369 e. The molecule has 1 aliphatic rings. The summed E-state index contributed by atoms with van der Waals surface area (Å²) in [7, 11) is -0.768. The molecule has 1 aliphatic heterocycles. The maximum Gasteiger partial charge on any atom is 0.111 e. The summed E-state index contributed by atoms with van der Waals surface area (Å²) in [5, 5.41) is 3.29. The second-order valence-electron chi connectivity index (χ2n) is 3.85. The molecule has 2 rings (SSSR count). The topological polar surface area (TPSA) is 56.2 Å². The lowest BCUT2D eigenvalue weighted by Gasteiger charge is -2.24. The number of hydrogen-bond acceptors (Lipinski definition) is 4. The maximum atomic E-state index is 11.1. The Balaban J connectivity index is 2.02. The van der Waals surface area contributed by atoms with Crippen LogP contribution in [0, 0.1) is 0 Å². The van der Waals surface area contributed by atoms with Crippen molar-refractivity contribution in [2.75, 3.05) is 31.7 Å². The van der Waals surface area contributed by atoms with Gasteiger partial charge in [0.25, 0.3) is 0 Å². The summed E-state index contributed by atoms with van der Waals surface area (Å²) >= 11 is 0. The van der Waals surface area contributed by atoms with E-state index in [-0.39, 0.29) is 6.10 Å². The van der Waals surface area contributed by atoms with Crippen LogP contribution >= 0.6 is 0 Å². The number of rotatable bonds is 4. The van der Waals surface area contributed by atoms with Crippen molar-refractivity contribution in [3.63, 3.8) is 0 Å². The molecule has 0 aromatic carbocycles. The van der Waals surface area contributed by atoms with Crippen molar-refractivity contribution < 1.29 is 8.95 Å². The Morgan fingerprint density at radius 2 is 2.62 bits per heavy atom. The molecule has 2 heterocycles. The molecule has 1 saturated heterocycles. The number of aryl methyl sites for hydroxylation is 1. The van der Waals surface area contributed by atoms with Gasteiger partial charge in [0.05, 0.1) is 24.8 Å². The second kappa shape index (κ2) is 5.56. The van der Waals surface area contributed by atoms with E-state index in [0.29, 0.717) is 5.75 Å². The number of imidazole rings is 1. The van der Waals surface area contributed by atoms with E-state index < -0.39 is 10.8 Å². The molecular formula is C10H17N3O2S. The van der Waals surface area contributed by atoms with Crippen molar-refractivity contribution >= 4 is 10.8 Å². The molecule has 2 atom stereocenters. The van der Waals surface area contributed by atoms with E-state index in [4.69, 9.17) is 4.74 Å². The Morgan fingerprint density at radius 3 is 3.31 bits per heavy atom. The van der Waals surface area contributed by atoms with Crippen molar-refractivity contribution in [1.29, 1.82) is 0 Å². The van der Waals surface area contributed by atoms with Crippen LogP contribution in [0.4, 0.5) is 0 Å². The fraction of sp³-hybridized carbons (Fsp3) is 0.700. The Labute approximate surface area is 97.7 Å². The lowest BCUT2D eigenvalue weighted by molar-refractivity contribution is 0.0229. The minimum atomic E-state index is -0.768. The predicted octanol–water partition coefficient (Wildman–Crippen LogP) is -0.0775. The molecule has 5 nitrogen and oxygen atoms in total. The van der Waals surface area contributed by atoms with Gasteiger partial charge < -0.3 is 14.6 Å². The molecule has 1 aromatic rings. The number of nitrogens with one attached hydrogen (secondary N) is 1. The normalized spacial score (nSPS) is 23.2. The van der Waals surface area contributed by atoms with E-state index >= 15 is 0 Å². The van der Waals surface area contributed by atoms with Crippen LogP contribution in [0.15, 0.2) is 12.5 Å². The fourth-order valence-corrected chi connectivity index (χ4v) is 2.22. The largest absolute Gasteiger partial charge is 0.369 e. The highest BCUT2D eigenvalue weighted by atomic mass is 32.2. The van der Waals surface area contributed by atoms with Crippen LogP contribution in [0.5, 0.6) is 0 Å². The molecule has 0 bridgehead atoms. The molecule has 16 heavy (non-hydrogen) atoms. The van der Waals surface area contributed by atoms with Gasteiger partial charge in [-0.3, -0.25) is 4.21 Å². The van der Waals surface area contributed by atoms with Gasteiger partial charge in [0.1, 0.15) is 6.10 Å². The van der Waals surface area contributed by atoms with E-state index in [1.165, 1.54) is 0 Å². The Bertz CT molecular complexity index is 361. The number of ether oxygens (including phenoxy) is 1. The summed E-state index contributed by atoms with van der Waals surface area (Å²) in [5.41, 5.74) is 1.07. The van der Waals surface area contributed by atoms with Crippen LogP contribution in [0.2, 0.25) is 0 Å². The number of aromatic nitrogens is 2. The fourth-order valence-electron chi connectivity index (χ4n) is 1.77. The van der Waals surface area contributed by atoms with Gasteiger partial charge >= 0.3 is 0 Å². The van der Waals surface area contributed by atoms with Gasteiger partial charge in [0.2, 0.25) is 0 Å². The molecule has 1 aromatic heterocycles. The van der Waals surface area contributed by atoms with Gasteiger partial charge in [-0.1, -0.05) is 0 Å². The first kappa shape index (κ1) is 11.8. The van der Waals surface area contributed by atoms with Crippen LogP contribution in [-0.4, -0.2) is 45.5 Å². The third-order valence-corrected chi connectivity index (χ3v) is 3.38. The first-order valence-electron chi connectivity index (χ1n) is 5.40. The van der Waals surface area contributed by atoms with Crippen molar-refractivity contribution in [2.45, 2.75) is 12.6 Å². The summed E-state index contributed by atoms with van der Waals surface area (Å²) in [6.45, 7) is 3.19. The molecule has 90 valence electrons. The highest BCUT2D eigenvalue weighted by molar-refractivity contribution is 7.84. The van der Waals surface area contributed by atoms with Gasteiger partial charge in [-0.25, -0.2) is 4.98 Å². The summed E-state index contributed by atoms with van der Waals surface area (Å²) < 4.78 is 18.8. The standard InChI is InChI=1S/C10H17N3O2S/c1-16(14)5-3-13-8-12-6-9(13)10-7-11-2-4-15-10/h6,8,10-11H,2-5,7H2,1H3. The molecule has 0 amide bonds. The summed E-state index contributed by atoms with van der Waals surface area (Å²) in [4.78, 5) is 4.13. The van der Waals surface area contributed by atoms with Crippen molar-refractivity contribution in [2.24, 2.45) is 0 Å². The SMILES string of the molecule is CS(=O)CCn1cncc1C1CNCCO1. The molecule has 2 unspecified atom stereocenters. The number of morpholine rings is 1. The van der Waals surface area contributed by atoms with Crippen LogP contribution in [-0.2, 0) is 22.1 Å². The maximum absolute atomic E-state index is 11.1. The van der Waals surface area contributed by atoms with Crippen LogP contribution in [0.1, 0.15) is 11.8 Å². The zero-order chi connectivity index (χ0) is 11.4. The molecular weight excluding hydrogens is 226 g/mol. The molecule has 0 spiro atoms. The summed E-state index contributed by atoms with van der Waals surface area (Å²) in [6.07, 6.45) is 5.40. The van der Waals surface area contributed by atoms with E-state index in [9.17, 15) is 4.21 Å². The Morgan fingerprint density at radius 1 is 1.75 bits per heavy atom. The van der Waals surface area contributed by atoms with E-state index in [2.05, 4.69) is 10.3 Å². The van der Waals surface area contributed by atoms with Crippen LogP contribution in [0.25, 0.3) is 0 Å². The lowest BCUT2D eigenvalue weighted by Crippen LogP contribution is -2.34. The van der Waals surface area contributed by atoms with E-state index in [1.807, 2.05) is 10.8 Å². The van der Waals surface area contributed by atoms with Crippen molar-refractivity contribution in [3.05, 3.63) is 18.2 Å². The number of nitrogens with zero attached hydrogens (tertiary/aromatic N) is 2. The minimum absolute atomic E-state index is 0.0709. The number of hydrogen-bond donors (Lipinski definition) is 1. The van der Waals surface area contributed by atoms with Crippen LogP contribution < -0.4 is 5.32 Å². The molecule has 0 saturated carbocycles. The second-order valence-corrected chi connectivity index (χ2v) is 5.41. The predicted molar refractivity (Wildman–Crippen MR) is 62.7 cm³/mol. The molecule has 1 N–H and O–H groups in total. The van der Waals surface area contributed by atoms with Crippen LogP contribution in [0.3, 0.4) is 0 Å². The first-order chi connectivity index (χ1) is 7.77. The first-order valence-corrected chi connectivity index (χ1v) is 7.12. The van der Waals surface area contributed by atoms with Gasteiger partial charge in [-0.05, 0) is 0 Å². The van der Waals surface area contributed by atoms with Gasteiger partial charge in [0.15, 0.2) is 0 Å². The molecule has 0 aliphatic carbocycles. The van der Waals surface area contributed by atoms with Crippen molar-refractivity contribution in [1.82, 2.24) is 14.9 Å². The molecule has 6 heteroatoms. The Hall–Kier alpha value is -0.720. The van der Waals surface area contributed by atoms with E-state index in [1.54, 1.807) is 12.6 Å². The zero-order valence-electron chi connectivity index (χ0n) is 9.39. The average molecular weight is 243 g/mol. The zero-order valence-corrected chi connectivity index (χ0v) is 10.2. The Kier molecular flexibility index (Phi) is 4.09. The third-order valence-electron chi connectivity index (χ3n) is 2.62. The third kappa shape index (κ3) is 2.90.